The minimum atomic E-state index is -4.21. The van der Waals surface area contributed by atoms with Crippen LogP contribution >= 0.6 is 0 Å². The van der Waals surface area contributed by atoms with Crippen molar-refractivity contribution in [3.63, 3.8) is 0 Å². The fourth-order valence-electron chi connectivity index (χ4n) is 3.02. The Kier molecular flexibility index (Phi) is 6.50. The van der Waals surface area contributed by atoms with Crippen LogP contribution in [-0.4, -0.2) is 28.9 Å². The van der Waals surface area contributed by atoms with Crippen LogP contribution in [0.5, 0.6) is 0 Å². The maximum atomic E-state index is 12.7. The van der Waals surface area contributed by atoms with Crippen molar-refractivity contribution in [2.75, 3.05) is 6.54 Å². The fraction of sp³-hybridized carbons (Fsp3) is 0.261. The second-order valence-corrected chi connectivity index (χ2v) is 7.15. The molecule has 2 heterocycles. The molecule has 4 nitrogen and oxygen atoms in total. The molecule has 0 spiro atoms. The quantitative estimate of drug-likeness (QED) is 0.539. The van der Waals surface area contributed by atoms with Gasteiger partial charge in [0.05, 0.1) is 17.1 Å². The number of benzene rings is 1. The van der Waals surface area contributed by atoms with Crippen LogP contribution in [0, 0.1) is 12.8 Å². The molecule has 0 aliphatic heterocycles. The van der Waals surface area contributed by atoms with Gasteiger partial charge in [0.15, 0.2) is 0 Å². The van der Waals surface area contributed by atoms with Gasteiger partial charge < -0.3 is 5.73 Å². The van der Waals surface area contributed by atoms with Gasteiger partial charge in [-0.05, 0) is 31.5 Å². The average Bonchev–Trinajstić information content (AvgIpc) is 2.73. The van der Waals surface area contributed by atoms with Gasteiger partial charge in [0.2, 0.25) is 0 Å². The van der Waals surface area contributed by atoms with Gasteiger partial charge in [-0.3, -0.25) is 15.0 Å². The summed E-state index contributed by atoms with van der Waals surface area (Å²) < 4.78 is 38.0. The highest BCUT2D eigenvalue weighted by Crippen LogP contribution is 2.30. The van der Waals surface area contributed by atoms with E-state index in [1.54, 1.807) is 6.20 Å². The van der Waals surface area contributed by atoms with Crippen molar-refractivity contribution in [1.82, 2.24) is 9.97 Å². The maximum absolute atomic E-state index is 12.7. The molecule has 3 aromatic rings. The smallest absolute Gasteiger partial charge is 0.391 e. The van der Waals surface area contributed by atoms with Gasteiger partial charge in [0.25, 0.3) is 0 Å². The van der Waals surface area contributed by atoms with Crippen molar-refractivity contribution < 1.29 is 13.2 Å². The molecule has 2 aromatic heterocycles. The number of aromatic nitrogens is 2. The van der Waals surface area contributed by atoms with E-state index in [0.717, 1.165) is 40.3 Å². The number of nitrogens with two attached hydrogens (primary N) is 1. The van der Waals surface area contributed by atoms with E-state index in [0.29, 0.717) is 5.57 Å². The molecule has 1 unspecified atom stereocenters. The highest BCUT2D eigenvalue weighted by Gasteiger charge is 2.35. The van der Waals surface area contributed by atoms with Crippen LogP contribution in [0.3, 0.4) is 0 Å². The second kappa shape index (κ2) is 9.07. The third-order valence-corrected chi connectivity index (χ3v) is 4.88. The lowest BCUT2D eigenvalue weighted by Crippen LogP contribution is -2.20. The average molecular weight is 412 g/mol. The van der Waals surface area contributed by atoms with Crippen LogP contribution in [0.1, 0.15) is 24.6 Å². The van der Waals surface area contributed by atoms with E-state index in [-0.39, 0.29) is 13.0 Å². The molecule has 0 saturated heterocycles. The summed E-state index contributed by atoms with van der Waals surface area (Å²) in [5.41, 5.74) is 10.4. The third kappa shape index (κ3) is 5.03. The SMILES string of the molecule is Cc1ccc(/C(C=NCCC(C)C(F)(F)F)=C/N)c(-c2ccc3cccnc3c2)n1. The number of halogens is 3. The second-order valence-electron chi connectivity index (χ2n) is 7.15. The summed E-state index contributed by atoms with van der Waals surface area (Å²) >= 11 is 0. The minimum Gasteiger partial charge on any atom is -0.404 e. The van der Waals surface area contributed by atoms with Gasteiger partial charge in [-0.2, -0.15) is 13.2 Å². The van der Waals surface area contributed by atoms with Crippen molar-refractivity contribution in [1.29, 1.82) is 0 Å². The molecular weight excluding hydrogens is 389 g/mol. The Bertz CT molecular complexity index is 1090. The number of fused-ring (bicyclic) bond motifs is 1. The minimum absolute atomic E-state index is 0.0620. The van der Waals surface area contributed by atoms with E-state index in [9.17, 15) is 13.2 Å². The largest absolute Gasteiger partial charge is 0.404 e. The van der Waals surface area contributed by atoms with Crippen LogP contribution in [0.15, 0.2) is 59.9 Å². The highest BCUT2D eigenvalue weighted by molar-refractivity contribution is 6.11. The topological polar surface area (TPSA) is 64.2 Å². The first-order chi connectivity index (χ1) is 14.3. The predicted molar refractivity (Wildman–Crippen MR) is 115 cm³/mol. The van der Waals surface area contributed by atoms with Crippen LogP contribution in [0.25, 0.3) is 27.7 Å². The first kappa shape index (κ1) is 21.5. The number of hydrogen-bond acceptors (Lipinski definition) is 4. The van der Waals surface area contributed by atoms with E-state index in [2.05, 4.69) is 15.0 Å². The van der Waals surface area contributed by atoms with Crippen molar-refractivity contribution in [2.45, 2.75) is 26.4 Å². The summed E-state index contributed by atoms with van der Waals surface area (Å²) in [5, 5.41) is 1.02. The molecular formula is C23H23F3N4. The Labute approximate surface area is 173 Å². The van der Waals surface area contributed by atoms with Crippen LogP contribution in [-0.2, 0) is 0 Å². The lowest BCUT2D eigenvalue weighted by Gasteiger charge is -2.14. The van der Waals surface area contributed by atoms with Gasteiger partial charge in [-0.1, -0.05) is 31.2 Å². The van der Waals surface area contributed by atoms with Crippen molar-refractivity contribution in [3.8, 4) is 11.3 Å². The molecule has 0 aliphatic rings. The molecule has 7 heteroatoms. The van der Waals surface area contributed by atoms with Gasteiger partial charge >= 0.3 is 6.18 Å². The standard InChI is InChI=1S/C23H23F3N4/c1-15(23(24,25)26)9-11-28-14-19(13-27)20-8-5-16(2)30-22(20)18-7-6-17-4-3-10-29-21(17)12-18/h3-8,10,12-15H,9,11,27H2,1-2H3/b19-13+,28-14?. The molecule has 156 valence electrons. The summed E-state index contributed by atoms with van der Waals surface area (Å²) in [6.07, 6.45) is 0.355. The molecule has 0 fully saturated rings. The first-order valence-corrected chi connectivity index (χ1v) is 9.61. The summed E-state index contributed by atoms with van der Waals surface area (Å²) in [7, 11) is 0. The first-order valence-electron chi connectivity index (χ1n) is 9.61. The highest BCUT2D eigenvalue weighted by atomic mass is 19.4. The van der Waals surface area contributed by atoms with E-state index in [1.807, 2.05) is 49.4 Å². The van der Waals surface area contributed by atoms with E-state index in [1.165, 1.54) is 12.4 Å². The van der Waals surface area contributed by atoms with Crippen LogP contribution < -0.4 is 5.73 Å². The Morgan fingerprint density at radius 1 is 1.20 bits per heavy atom. The lowest BCUT2D eigenvalue weighted by atomic mass is 9.99. The molecule has 3 rings (SSSR count). The Morgan fingerprint density at radius 3 is 2.73 bits per heavy atom. The van der Waals surface area contributed by atoms with Gasteiger partial charge in [0, 0.05) is 52.9 Å². The molecule has 0 aliphatic carbocycles. The maximum Gasteiger partial charge on any atom is 0.391 e. The van der Waals surface area contributed by atoms with Gasteiger partial charge in [0.1, 0.15) is 0 Å². The molecule has 0 saturated carbocycles. The Hall–Kier alpha value is -3.22. The van der Waals surface area contributed by atoms with E-state index in [4.69, 9.17) is 5.73 Å². The molecule has 0 radical (unpaired) electrons. The molecule has 0 bridgehead atoms. The Balaban J connectivity index is 1.90. The molecule has 2 N–H and O–H groups in total. The zero-order valence-electron chi connectivity index (χ0n) is 16.8. The van der Waals surface area contributed by atoms with Crippen LogP contribution in [0.4, 0.5) is 13.2 Å². The normalized spacial score (nSPS) is 13.8. The number of rotatable bonds is 6. The summed E-state index contributed by atoms with van der Waals surface area (Å²) in [4.78, 5) is 13.2. The lowest BCUT2D eigenvalue weighted by molar-refractivity contribution is -0.170. The van der Waals surface area contributed by atoms with E-state index >= 15 is 0 Å². The summed E-state index contributed by atoms with van der Waals surface area (Å²) in [6, 6.07) is 13.5. The third-order valence-electron chi connectivity index (χ3n) is 4.88. The fourth-order valence-corrected chi connectivity index (χ4v) is 3.02. The summed E-state index contributed by atoms with van der Waals surface area (Å²) in [5.74, 6) is -1.40. The molecule has 1 aromatic carbocycles. The number of allylic oxidation sites excluding steroid dienone is 1. The van der Waals surface area contributed by atoms with Crippen LogP contribution in [0.2, 0.25) is 0 Å². The van der Waals surface area contributed by atoms with Gasteiger partial charge in [-0.25, -0.2) is 0 Å². The molecule has 1 atom stereocenters. The number of hydrogen-bond donors (Lipinski definition) is 1. The number of nitrogens with zero attached hydrogens (tertiary/aromatic N) is 3. The van der Waals surface area contributed by atoms with Crippen molar-refractivity contribution >= 4 is 22.7 Å². The number of aliphatic imine (C=N–C) groups is 1. The van der Waals surface area contributed by atoms with Crippen molar-refractivity contribution in [2.24, 2.45) is 16.6 Å². The molecule has 30 heavy (non-hydrogen) atoms. The van der Waals surface area contributed by atoms with Crippen molar-refractivity contribution in [3.05, 3.63) is 66.1 Å². The summed E-state index contributed by atoms with van der Waals surface area (Å²) in [6.45, 7) is 3.11. The monoisotopic (exact) mass is 412 g/mol. The zero-order valence-corrected chi connectivity index (χ0v) is 16.8. The van der Waals surface area contributed by atoms with E-state index < -0.39 is 12.1 Å². The number of alkyl halides is 3. The Morgan fingerprint density at radius 2 is 2.00 bits per heavy atom. The zero-order chi connectivity index (χ0) is 21.7. The predicted octanol–water partition coefficient (Wildman–Crippen LogP) is 5.56. The van der Waals surface area contributed by atoms with Gasteiger partial charge in [-0.15, -0.1) is 0 Å². The number of pyridine rings is 2. The molecule has 0 amide bonds. The number of aryl methyl sites for hydroxylation is 1.